The summed E-state index contributed by atoms with van der Waals surface area (Å²) in [6.45, 7) is 3.36. The Hall–Kier alpha value is -1.54. The van der Waals surface area contributed by atoms with Crippen molar-refractivity contribution in [3.63, 3.8) is 0 Å². The molecule has 2 heterocycles. The first-order valence-corrected chi connectivity index (χ1v) is 6.70. The molecule has 92 valence electrons. The Kier molecular flexibility index (Phi) is 2.01. The molecule has 1 aliphatic carbocycles. The van der Waals surface area contributed by atoms with Crippen LogP contribution in [0.5, 0.6) is 0 Å². The van der Waals surface area contributed by atoms with E-state index in [9.17, 15) is 0 Å². The van der Waals surface area contributed by atoms with Crippen molar-refractivity contribution in [2.24, 2.45) is 0 Å². The fourth-order valence-corrected chi connectivity index (χ4v) is 3.78. The summed E-state index contributed by atoms with van der Waals surface area (Å²) in [7, 11) is 2.26. The quantitative estimate of drug-likeness (QED) is 0.699. The van der Waals surface area contributed by atoms with Crippen LogP contribution in [-0.4, -0.2) is 29.5 Å². The molecule has 0 bridgehead atoms. The van der Waals surface area contributed by atoms with E-state index in [0.717, 1.165) is 6.54 Å². The van der Waals surface area contributed by atoms with Crippen molar-refractivity contribution >= 4 is 10.9 Å². The third-order valence-corrected chi connectivity index (χ3v) is 4.55. The molecule has 18 heavy (non-hydrogen) atoms. The lowest BCUT2D eigenvalue weighted by Gasteiger charge is -2.40. The monoisotopic (exact) mass is 238 g/mol. The molecule has 1 aliphatic heterocycles. The first kappa shape index (κ1) is 10.4. The van der Waals surface area contributed by atoms with Crippen molar-refractivity contribution in [2.45, 2.75) is 25.3 Å². The number of hydrogen-bond acceptors (Lipinski definition) is 1. The lowest BCUT2D eigenvalue weighted by Crippen LogP contribution is -2.43. The molecule has 2 unspecified atom stereocenters. The van der Waals surface area contributed by atoms with Crippen LogP contribution in [0.1, 0.15) is 24.0 Å². The van der Waals surface area contributed by atoms with E-state index in [4.69, 9.17) is 0 Å². The van der Waals surface area contributed by atoms with Gasteiger partial charge in [-0.2, -0.15) is 0 Å². The lowest BCUT2D eigenvalue weighted by molar-refractivity contribution is 0.224. The minimum Gasteiger partial charge on any atom is -0.361 e. The van der Waals surface area contributed by atoms with Crippen molar-refractivity contribution in [2.75, 3.05) is 13.6 Å². The van der Waals surface area contributed by atoms with E-state index < -0.39 is 0 Å². The van der Waals surface area contributed by atoms with E-state index in [2.05, 4.69) is 54.3 Å². The summed E-state index contributed by atoms with van der Waals surface area (Å²) in [5.41, 5.74) is 5.78. The zero-order chi connectivity index (χ0) is 12.3. The van der Waals surface area contributed by atoms with Gasteiger partial charge in [-0.1, -0.05) is 23.8 Å². The number of nitrogens with one attached hydrogen (secondary N) is 1. The summed E-state index contributed by atoms with van der Waals surface area (Å²) in [5.74, 6) is 0.566. The predicted octanol–water partition coefficient (Wildman–Crippen LogP) is 3.07. The van der Waals surface area contributed by atoms with Crippen LogP contribution in [0.25, 0.3) is 10.9 Å². The number of H-pyrrole nitrogens is 1. The van der Waals surface area contributed by atoms with E-state index in [1.807, 2.05) is 0 Å². The first-order chi connectivity index (χ1) is 8.74. The van der Waals surface area contributed by atoms with Crippen molar-refractivity contribution in [1.29, 1.82) is 0 Å². The Bertz CT molecular complexity index is 650. The van der Waals surface area contributed by atoms with E-state index in [1.54, 1.807) is 0 Å². The minimum absolute atomic E-state index is 0.566. The maximum Gasteiger partial charge on any atom is 0.0459 e. The second-order valence-electron chi connectivity index (χ2n) is 5.81. The van der Waals surface area contributed by atoms with Gasteiger partial charge in [0, 0.05) is 35.6 Å². The number of aromatic amines is 1. The second kappa shape index (κ2) is 3.48. The highest BCUT2D eigenvalue weighted by Crippen LogP contribution is 2.41. The van der Waals surface area contributed by atoms with Crippen LogP contribution in [0, 0.1) is 0 Å². The zero-order valence-electron chi connectivity index (χ0n) is 10.9. The van der Waals surface area contributed by atoms with Crippen LogP contribution in [0.15, 0.2) is 36.0 Å². The minimum atomic E-state index is 0.566. The Balaban J connectivity index is 1.99. The van der Waals surface area contributed by atoms with Gasteiger partial charge < -0.3 is 4.98 Å². The number of aromatic nitrogens is 1. The van der Waals surface area contributed by atoms with Crippen LogP contribution >= 0.6 is 0 Å². The van der Waals surface area contributed by atoms with E-state index >= 15 is 0 Å². The number of fused-ring (bicyclic) bond motifs is 2. The average molecular weight is 238 g/mol. The SMILES string of the molecule is CC1=CC2c3cccc4[nH]cc(c34)CC2N(C)C1. The molecular formula is C16H18N2. The van der Waals surface area contributed by atoms with Gasteiger partial charge in [-0.3, -0.25) is 4.90 Å². The Morgan fingerprint density at radius 3 is 3.11 bits per heavy atom. The molecule has 0 spiro atoms. The highest BCUT2D eigenvalue weighted by Gasteiger charge is 2.34. The van der Waals surface area contributed by atoms with E-state index in [1.165, 1.54) is 34.0 Å². The Morgan fingerprint density at radius 2 is 2.22 bits per heavy atom. The smallest absolute Gasteiger partial charge is 0.0459 e. The number of rotatable bonds is 0. The summed E-state index contributed by atoms with van der Waals surface area (Å²) < 4.78 is 0. The van der Waals surface area contributed by atoms with Gasteiger partial charge in [0.05, 0.1) is 0 Å². The number of nitrogens with zero attached hydrogens (tertiary/aromatic N) is 1. The topological polar surface area (TPSA) is 19.0 Å². The normalized spacial score (nSPS) is 27.1. The van der Waals surface area contributed by atoms with Gasteiger partial charge in [-0.15, -0.1) is 0 Å². The fraction of sp³-hybridized carbons (Fsp3) is 0.375. The predicted molar refractivity (Wildman–Crippen MR) is 74.9 cm³/mol. The van der Waals surface area contributed by atoms with E-state index in [-0.39, 0.29) is 0 Å². The standard InChI is InChI=1S/C16H18N2/c1-10-6-13-12-4-3-5-14-16(12)11(8-17-14)7-15(13)18(2)9-10/h3-6,8,13,15,17H,7,9H2,1-2H3. The molecule has 1 aromatic heterocycles. The zero-order valence-corrected chi connectivity index (χ0v) is 10.9. The van der Waals surface area contributed by atoms with Gasteiger partial charge >= 0.3 is 0 Å². The van der Waals surface area contributed by atoms with Gasteiger partial charge in [0.15, 0.2) is 0 Å². The third-order valence-electron chi connectivity index (χ3n) is 4.55. The van der Waals surface area contributed by atoms with Gasteiger partial charge in [-0.05, 0) is 37.6 Å². The summed E-state index contributed by atoms with van der Waals surface area (Å²) in [4.78, 5) is 5.93. The fourth-order valence-electron chi connectivity index (χ4n) is 3.78. The molecule has 2 aliphatic rings. The Morgan fingerprint density at radius 1 is 1.33 bits per heavy atom. The van der Waals surface area contributed by atoms with Crippen LogP contribution in [-0.2, 0) is 6.42 Å². The molecule has 2 aromatic rings. The molecule has 1 aromatic carbocycles. The molecule has 4 rings (SSSR count). The van der Waals surface area contributed by atoms with Crippen molar-refractivity contribution in [3.8, 4) is 0 Å². The largest absolute Gasteiger partial charge is 0.361 e. The molecule has 0 saturated heterocycles. The maximum absolute atomic E-state index is 3.42. The average Bonchev–Trinajstić information content (AvgIpc) is 2.76. The summed E-state index contributed by atoms with van der Waals surface area (Å²) >= 11 is 0. The highest BCUT2D eigenvalue weighted by atomic mass is 15.1. The lowest BCUT2D eigenvalue weighted by atomic mass is 9.77. The third kappa shape index (κ3) is 1.27. The van der Waals surface area contributed by atoms with E-state index in [0.29, 0.717) is 12.0 Å². The first-order valence-electron chi connectivity index (χ1n) is 6.70. The van der Waals surface area contributed by atoms with Crippen LogP contribution in [0.3, 0.4) is 0 Å². The Labute approximate surface area is 107 Å². The summed E-state index contributed by atoms with van der Waals surface area (Å²) in [6, 6.07) is 7.30. The van der Waals surface area contributed by atoms with Gasteiger partial charge in [-0.25, -0.2) is 0 Å². The van der Waals surface area contributed by atoms with Crippen molar-refractivity contribution in [1.82, 2.24) is 9.88 Å². The number of hydrogen-bond donors (Lipinski definition) is 1. The molecule has 0 radical (unpaired) electrons. The van der Waals surface area contributed by atoms with Gasteiger partial charge in [0.2, 0.25) is 0 Å². The highest BCUT2D eigenvalue weighted by molar-refractivity contribution is 5.88. The van der Waals surface area contributed by atoms with Crippen molar-refractivity contribution < 1.29 is 0 Å². The molecule has 0 amide bonds. The van der Waals surface area contributed by atoms with Gasteiger partial charge in [0.1, 0.15) is 0 Å². The summed E-state index contributed by atoms with van der Waals surface area (Å²) in [5, 5.41) is 1.47. The van der Waals surface area contributed by atoms with Crippen LogP contribution in [0.4, 0.5) is 0 Å². The number of benzene rings is 1. The molecular weight excluding hydrogens is 220 g/mol. The molecule has 0 fully saturated rings. The molecule has 0 saturated carbocycles. The van der Waals surface area contributed by atoms with Gasteiger partial charge in [0.25, 0.3) is 0 Å². The molecule has 2 heteroatoms. The molecule has 2 nitrogen and oxygen atoms in total. The molecule has 2 atom stereocenters. The van der Waals surface area contributed by atoms with Crippen LogP contribution < -0.4 is 0 Å². The number of likely N-dealkylation sites (N-methyl/N-ethyl adjacent to an activating group) is 1. The van der Waals surface area contributed by atoms with Crippen LogP contribution in [0.2, 0.25) is 0 Å². The molecule has 1 N–H and O–H groups in total. The maximum atomic E-state index is 3.42. The second-order valence-corrected chi connectivity index (χ2v) is 5.81. The van der Waals surface area contributed by atoms with Crippen molar-refractivity contribution in [3.05, 3.63) is 47.2 Å². The summed E-state index contributed by atoms with van der Waals surface area (Å²) in [6.07, 6.45) is 5.85.